The fourth-order valence-electron chi connectivity index (χ4n) is 3.39. The van der Waals surface area contributed by atoms with Crippen LogP contribution in [-0.4, -0.2) is 46.0 Å². The maximum absolute atomic E-state index is 12.9. The zero-order chi connectivity index (χ0) is 24.0. The Morgan fingerprint density at radius 3 is 2.36 bits per heavy atom. The molecule has 3 aromatic rings. The number of hydrogen-bond donors (Lipinski definition) is 2. The van der Waals surface area contributed by atoms with E-state index in [0.29, 0.717) is 29.8 Å². The Kier molecular flexibility index (Phi) is 8.11. The topological polar surface area (TPSA) is 79.3 Å². The first kappa shape index (κ1) is 24.3. The molecule has 0 fully saturated rings. The molecule has 0 aliphatic carbocycles. The number of benzene rings is 2. The summed E-state index contributed by atoms with van der Waals surface area (Å²) >= 11 is 6.03. The van der Waals surface area contributed by atoms with Crippen molar-refractivity contribution < 1.29 is 9.59 Å². The van der Waals surface area contributed by atoms with Gasteiger partial charge in [0.2, 0.25) is 11.9 Å². The van der Waals surface area contributed by atoms with Gasteiger partial charge in [0.05, 0.1) is 5.69 Å². The maximum atomic E-state index is 12.9. The fraction of sp³-hybridized carbons (Fsp3) is 0.320. The van der Waals surface area contributed by atoms with Crippen molar-refractivity contribution in [3.63, 3.8) is 0 Å². The van der Waals surface area contributed by atoms with Crippen molar-refractivity contribution in [3.8, 4) is 16.9 Å². The number of carbonyl (C=O) groups excluding carboxylic acids is 2. The Morgan fingerprint density at radius 2 is 1.76 bits per heavy atom. The van der Waals surface area contributed by atoms with E-state index in [2.05, 4.69) is 15.6 Å². The van der Waals surface area contributed by atoms with E-state index in [1.54, 1.807) is 12.1 Å². The molecule has 8 heteroatoms. The Hall–Kier alpha value is -3.32. The summed E-state index contributed by atoms with van der Waals surface area (Å²) in [5, 5.41) is 6.30. The molecule has 0 radical (unpaired) electrons. The molecule has 3 rings (SSSR count). The third-order valence-corrected chi connectivity index (χ3v) is 5.20. The van der Waals surface area contributed by atoms with Gasteiger partial charge in [0.15, 0.2) is 0 Å². The number of urea groups is 1. The standard InChI is InChI=1S/C25H30ClN5O2/c1-5-27-25(33)30(14-17(2)3)16-23(32)29-24-28-22(19-8-10-20(26)11-9-19)15-31(24)21-12-6-18(4)7-13-21/h6-13,15,17H,5,14,16H2,1-4H3,(H,27,33)(H,28,29,32). The lowest BCUT2D eigenvalue weighted by Gasteiger charge is -2.24. The van der Waals surface area contributed by atoms with Gasteiger partial charge >= 0.3 is 6.03 Å². The van der Waals surface area contributed by atoms with Crippen LogP contribution in [0.25, 0.3) is 16.9 Å². The zero-order valence-electron chi connectivity index (χ0n) is 19.4. The Balaban J connectivity index is 1.89. The average molecular weight is 468 g/mol. The maximum Gasteiger partial charge on any atom is 0.317 e. The van der Waals surface area contributed by atoms with Crippen LogP contribution in [0.2, 0.25) is 5.02 Å². The zero-order valence-corrected chi connectivity index (χ0v) is 20.2. The van der Waals surface area contributed by atoms with Crippen LogP contribution >= 0.6 is 11.6 Å². The molecule has 0 aliphatic heterocycles. The molecule has 3 amide bonds. The largest absolute Gasteiger partial charge is 0.338 e. The van der Waals surface area contributed by atoms with Crippen LogP contribution in [0.4, 0.5) is 10.7 Å². The molecule has 0 atom stereocenters. The molecule has 33 heavy (non-hydrogen) atoms. The van der Waals surface area contributed by atoms with E-state index < -0.39 is 0 Å². The monoisotopic (exact) mass is 467 g/mol. The molecule has 7 nitrogen and oxygen atoms in total. The summed E-state index contributed by atoms with van der Waals surface area (Å²) in [5.41, 5.74) is 3.58. The summed E-state index contributed by atoms with van der Waals surface area (Å²) in [4.78, 5) is 31.5. The average Bonchev–Trinajstić information content (AvgIpc) is 3.17. The van der Waals surface area contributed by atoms with Gasteiger partial charge in [0, 0.05) is 35.6 Å². The van der Waals surface area contributed by atoms with E-state index in [-0.39, 0.29) is 24.4 Å². The number of halogens is 1. The highest BCUT2D eigenvalue weighted by atomic mass is 35.5. The molecule has 1 heterocycles. The summed E-state index contributed by atoms with van der Waals surface area (Å²) in [6.45, 7) is 8.78. The van der Waals surface area contributed by atoms with Gasteiger partial charge in [-0.3, -0.25) is 14.7 Å². The van der Waals surface area contributed by atoms with Gasteiger partial charge < -0.3 is 10.2 Å². The number of nitrogens with one attached hydrogen (secondary N) is 2. The van der Waals surface area contributed by atoms with E-state index >= 15 is 0 Å². The number of amides is 3. The molecular weight excluding hydrogens is 438 g/mol. The first-order valence-corrected chi connectivity index (χ1v) is 11.4. The van der Waals surface area contributed by atoms with Crippen molar-refractivity contribution >= 4 is 29.5 Å². The van der Waals surface area contributed by atoms with Gasteiger partial charge in [0.25, 0.3) is 0 Å². The highest BCUT2D eigenvalue weighted by molar-refractivity contribution is 6.30. The van der Waals surface area contributed by atoms with Crippen LogP contribution in [0.1, 0.15) is 26.3 Å². The number of nitrogens with zero attached hydrogens (tertiary/aromatic N) is 3. The van der Waals surface area contributed by atoms with Crippen LogP contribution < -0.4 is 10.6 Å². The number of rotatable bonds is 8. The molecule has 2 N–H and O–H groups in total. The number of aromatic nitrogens is 2. The van der Waals surface area contributed by atoms with Gasteiger partial charge in [-0.1, -0.05) is 55.3 Å². The van der Waals surface area contributed by atoms with Crippen molar-refractivity contribution in [2.24, 2.45) is 5.92 Å². The molecule has 0 aliphatic rings. The summed E-state index contributed by atoms with van der Waals surface area (Å²) in [5.74, 6) is 0.296. The van der Waals surface area contributed by atoms with Crippen LogP contribution in [0.3, 0.4) is 0 Å². The van der Waals surface area contributed by atoms with E-state index in [1.165, 1.54) is 4.90 Å². The molecule has 0 saturated heterocycles. The summed E-state index contributed by atoms with van der Waals surface area (Å²) in [6.07, 6.45) is 1.87. The minimum absolute atomic E-state index is 0.0684. The summed E-state index contributed by atoms with van der Waals surface area (Å²) < 4.78 is 1.83. The quantitative estimate of drug-likeness (QED) is 0.482. The van der Waals surface area contributed by atoms with E-state index in [1.807, 2.05) is 74.9 Å². The Labute approximate surface area is 199 Å². The van der Waals surface area contributed by atoms with Gasteiger partial charge in [-0.15, -0.1) is 0 Å². The van der Waals surface area contributed by atoms with E-state index in [0.717, 1.165) is 16.8 Å². The molecule has 0 bridgehead atoms. The predicted octanol–water partition coefficient (Wildman–Crippen LogP) is 5.13. The van der Waals surface area contributed by atoms with Crippen LogP contribution in [-0.2, 0) is 4.79 Å². The second-order valence-electron chi connectivity index (χ2n) is 8.32. The molecule has 0 spiro atoms. The number of anilines is 1. The summed E-state index contributed by atoms with van der Waals surface area (Å²) in [7, 11) is 0. The fourth-order valence-corrected chi connectivity index (χ4v) is 3.52. The van der Waals surface area contributed by atoms with Gasteiger partial charge in [-0.2, -0.15) is 0 Å². The van der Waals surface area contributed by atoms with Crippen LogP contribution in [0.15, 0.2) is 54.7 Å². The second-order valence-corrected chi connectivity index (χ2v) is 8.76. The lowest BCUT2D eigenvalue weighted by atomic mass is 10.2. The first-order valence-electron chi connectivity index (χ1n) is 11.0. The predicted molar refractivity (Wildman–Crippen MR) is 133 cm³/mol. The van der Waals surface area contributed by atoms with Crippen molar-refractivity contribution in [2.45, 2.75) is 27.7 Å². The van der Waals surface area contributed by atoms with E-state index in [4.69, 9.17) is 11.6 Å². The smallest absolute Gasteiger partial charge is 0.317 e. The van der Waals surface area contributed by atoms with Crippen molar-refractivity contribution in [3.05, 3.63) is 65.3 Å². The Morgan fingerprint density at radius 1 is 1.09 bits per heavy atom. The van der Waals surface area contributed by atoms with Crippen molar-refractivity contribution in [1.29, 1.82) is 0 Å². The highest BCUT2D eigenvalue weighted by Gasteiger charge is 2.20. The van der Waals surface area contributed by atoms with E-state index in [9.17, 15) is 9.59 Å². The number of aryl methyl sites for hydroxylation is 1. The van der Waals surface area contributed by atoms with Gasteiger partial charge in [-0.05, 0) is 44.0 Å². The van der Waals surface area contributed by atoms with Crippen LogP contribution in [0, 0.1) is 12.8 Å². The molecule has 0 saturated carbocycles. The molecular formula is C25H30ClN5O2. The second kappa shape index (κ2) is 11.0. The van der Waals surface area contributed by atoms with Gasteiger partial charge in [0.1, 0.15) is 6.54 Å². The molecule has 0 unspecified atom stereocenters. The number of hydrogen-bond acceptors (Lipinski definition) is 3. The lowest BCUT2D eigenvalue weighted by molar-refractivity contribution is -0.116. The van der Waals surface area contributed by atoms with Crippen LogP contribution in [0.5, 0.6) is 0 Å². The number of carbonyl (C=O) groups is 2. The summed E-state index contributed by atoms with van der Waals surface area (Å²) in [6, 6.07) is 15.1. The lowest BCUT2D eigenvalue weighted by Crippen LogP contribution is -2.45. The molecule has 174 valence electrons. The molecule has 2 aromatic carbocycles. The normalized spacial score (nSPS) is 10.8. The van der Waals surface area contributed by atoms with Crippen molar-refractivity contribution in [1.82, 2.24) is 19.8 Å². The highest BCUT2D eigenvalue weighted by Crippen LogP contribution is 2.25. The van der Waals surface area contributed by atoms with Gasteiger partial charge in [-0.25, -0.2) is 9.78 Å². The van der Waals surface area contributed by atoms with Crippen molar-refractivity contribution in [2.75, 3.05) is 25.0 Å². The SMILES string of the molecule is CCNC(=O)N(CC(=O)Nc1nc(-c2ccc(Cl)cc2)cn1-c1ccc(C)cc1)CC(C)C. The minimum Gasteiger partial charge on any atom is -0.338 e. The minimum atomic E-state index is -0.316. The first-order chi connectivity index (χ1) is 15.8. The third-order valence-electron chi connectivity index (χ3n) is 4.94. The third kappa shape index (κ3) is 6.58. The Bertz CT molecular complexity index is 1090. The molecule has 1 aromatic heterocycles. The number of imidazole rings is 1.